The van der Waals surface area contributed by atoms with E-state index in [0.29, 0.717) is 35.6 Å². The molecule has 0 spiro atoms. The predicted octanol–water partition coefficient (Wildman–Crippen LogP) is 4.80. The summed E-state index contributed by atoms with van der Waals surface area (Å²) in [6.45, 7) is 0. The molecule has 3 unspecified atom stereocenters. The van der Waals surface area contributed by atoms with Gasteiger partial charge in [0.2, 0.25) is 5.91 Å². The van der Waals surface area contributed by atoms with Gasteiger partial charge in [0.05, 0.1) is 0 Å². The van der Waals surface area contributed by atoms with Crippen molar-refractivity contribution in [2.75, 3.05) is 0 Å². The molecular weight excluding hydrogens is 473 g/mol. The first-order valence-electron chi connectivity index (χ1n) is 11.3. The van der Waals surface area contributed by atoms with Crippen LogP contribution in [-0.2, 0) is 16.0 Å². The van der Waals surface area contributed by atoms with E-state index in [4.69, 9.17) is 11.6 Å². The second-order valence-electron chi connectivity index (χ2n) is 8.67. The average Bonchev–Trinajstić information content (AvgIpc) is 2.72. The molecule has 1 aliphatic heterocycles. The lowest BCUT2D eigenvalue weighted by molar-refractivity contribution is -0.171. The van der Waals surface area contributed by atoms with Crippen molar-refractivity contribution in [2.45, 2.75) is 69.6 Å². The van der Waals surface area contributed by atoms with E-state index in [1.165, 1.54) is 0 Å². The fourth-order valence-electron chi connectivity index (χ4n) is 4.51. The fourth-order valence-corrected chi connectivity index (χ4v) is 4.72. The van der Waals surface area contributed by atoms with Crippen molar-refractivity contribution in [2.24, 2.45) is 11.8 Å². The lowest BCUT2D eigenvalue weighted by Gasteiger charge is -2.41. The molecule has 1 saturated carbocycles. The second kappa shape index (κ2) is 11.1. The molecule has 1 aliphatic carbocycles. The topological polar surface area (TPSA) is 86.7 Å². The highest BCUT2D eigenvalue weighted by atomic mass is 35.5. The number of halogens is 4. The van der Waals surface area contributed by atoms with E-state index in [9.17, 15) is 32.7 Å². The van der Waals surface area contributed by atoms with Gasteiger partial charge in [-0.05, 0) is 36.5 Å². The Bertz CT molecular complexity index is 980. The summed E-state index contributed by atoms with van der Waals surface area (Å²) < 4.78 is 41.4. The van der Waals surface area contributed by atoms with Crippen LogP contribution in [-0.4, -0.2) is 46.2 Å². The van der Waals surface area contributed by atoms with E-state index in [1.54, 1.807) is 24.3 Å². The number of imide groups is 1. The Morgan fingerprint density at radius 2 is 1.82 bits per heavy atom. The molecule has 6 nitrogen and oxygen atoms in total. The summed E-state index contributed by atoms with van der Waals surface area (Å²) in [5, 5.41) is 11.9. The molecule has 0 aromatic heterocycles. The SMILES string of the molecule is O=C(O)C1C(C#CCc2cccc(Cl)c2)C(=O)N1C(=O)NC(C1CCCCCCC1)C(F)(F)F. The van der Waals surface area contributed by atoms with Crippen LogP contribution in [0.4, 0.5) is 18.0 Å². The molecule has 10 heteroatoms. The molecule has 2 aliphatic rings. The van der Waals surface area contributed by atoms with Crippen molar-refractivity contribution in [1.82, 2.24) is 10.2 Å². The van der Waals surface area contributed by atoms with Crippen molar-refractivity contribution in [3.63, 3.8) is 0 Å². The summed E-state index contributed by atoms with van der Waals surface area (Å²) in [5.74, 6) is 0.681. The number of likely N-dealkylation sites (tertiary alicyclic amines) is 1. The van der Waals surface area contributed by atoms with Gasteiger partial charge in [0.1, 0.15) is 12.0 Å². The van der Waals surface area contributed by atoms with Gasteiger partial charge in [-0.25, -0.2) is 14.5 Å². The largest absolute Gasteiger partial charge is 0.480 e. The third-order valence-corrected chi connectivity index (χ3v) is 6.50. The fraction of sp³-hybridized carbons (Fsp3) is 0.542. The van der Waals surface area contributed by atoms with E-state index >= 15 is 0 Å². The lowest BCUT2D eigenvalue weighted by Crippen LogP contribution is -2.69. The van der Waals surface area contributed by atoms with Crippen LogP contribution in [0, 0.1) is 23.7 Å². The van der Waals surface area contributed by atoms with Crippen LogP contribution in [0.15, 0.2) is 24.3 Å². The Morgan fingerprint density at radius 1 is 1.18 bits per heavy atom. The number of nitrogens with zero attached hydrogens (tertiary/aromatic N) is 1. The maximum atomic E-state index is 13.8. The molecule has 1 heterocycles. The number of β-lactam (4-membered cyclic amide) rings is 1. The quantitative estimate of drug-likeness (QED) is 0.461. The minimum atomic E-state index is -4.72. The number of carbonyl (C=O) groups is 3. The zero-order valence-corrected chi connectivity index (χ0v) is 19.2. The van der Waals surface area contributed by atoms with E-state index in [-0.39, 0.29) is 6.42 Å². The van der Waals surface area contributed by atoms with Gasteiger partial charge in [0, 0.05) is 11.4 Å². The van der Waals surface area contributed by atoms with Crippen LogP contribution >= 0.6 is 11.6 Å². The molecular formula is C24H26ClF3N2O4. The first-order chi connectivity index (χ1) is 16.1. The number of carboxylic acid groups (broad SMARTS) is 1. The van der Waals surface area contributed by atoms with Crippen molar-refractivity contribution >= 4 is 29.5 Å². The maximum absolute atomic E-state index is 13.8. The van der Waals surface area contributed by atoms with Gasteiger partial charge in [0.25, 0.3) is 0 Å². The number of hydrogen-bond donors (Lipinski definition) is 2. The maximum Gasteiger partial charge on any atom is 0.408 e. The molecule has 3 amide bonds. The number of rotatable bonds is 4. The Balaban J connectivity index is 1.71. The molecule has 0 bridgehead atoms. The highest BCUT2D eigenvalue weighted by molar-refractivity contribution is 6.30. The van der Waals surface area contributed by atoms with Crippen molar-refractivity contribution in [3.05, 3.63) is 34.9 Å². The van der Waals surface area contributed by atoms with Crippen LogP contribution in [0.2, 0.25) is 5.02 Å². The lowest BCUT2D eigenvalue weighted by atomic mass is 9.85. The minimum absolute atomic E-state index is 0.195. The van der Waals surface area contributed by atoms with Gasteiger partial charge in [-0.2, -0.15) is 13.2 Å². The van der Waals surface area contributed by atoms with Crippen LogP contribution in [0.5, 0.6) is 0 Å². The normalized spacial score (nSPS) is 22.5. The number of hydrogen-bond acceptors (Lipinski definition) is 3. The monoisotopic (exact) mass is 498 g/mol. The standard InChI is InChI=1S/C24H26ClF3N2O4/c25-17-12-6-8-15(14-17)9-7-13-18-19(22(32)33)30(21(18)31)23(34)29-20(24(26,27)28)16-10-4-2-1-3-5-11-16/h6,8,12,14,16,18-20H,1-5,9-11H2,(H,29,34)(H,32,33). The van der Waals surface area contributed by atoms with E-state index in [1.807, 2.05) is 5.32 Å². The Hall–Kier alpha value is -2.73. The Labute approximate surface area is 200 Å². The van der Waals surface area contributed by atoms with Gasteiger partial charge in [-0.1, -0.05) is 67.7 Å². The zero-order chi connectivity index (χ0) is 24.9. The molecule has 184 valence electrons. The number of alkyl halides is 3. The number of carboxylic acids is 1. The molecule has 1 aromatic carbocycles. The van der Waals surface area contributed by atoms with E-state index < -0.39 is 48.0 Å². The number of carbonyl (C=O) groups excluding carboxylic acids is 2. The van der Waals surface area contributed by atoms with Crippen LogP contribution < -0.4 is 5.32 Å². The Morgan fingerprint density at radius 3 is 2.41 bits per heavy atom. The van der Waals surface area contributed by atoms with Crippen LogP contribution in [0.3, 0.4) is 0 Å². The van der Waals surface area contributed by atoms with Gasteiger partial charge >= 0.3 is 18.2 Å². The third-order valence-electron chi connectivity index (χ3n) is 6.26. The van der Waals surface area contributed by atoms with Crippen molar-refractivity contribution < 1.29 is 32.7 Å². The summed E-state index contributed by atoms with van der Waals surface area (Å²) in [6.07, 6.45) is -0.0417. The Kier molecular flexibility index (Phi) is 8.47. The first kappa shape index (κ1) is 25.9. The molecule has 1 aromatic rings. The first-order valence-corrected chi connectivity index (χ1v) is 11.6. The molecule has 2 fully saturated rings. The highest BCUT2D eigenvalue weighted by Crippen LogP contribution is 2.34. The zero-order valence-electron chi connectivity index (χ0n) is 18.4. The minimum Gasteiger partial charge on any atom is -0.480 e. The van der Waals surface area contributed by atoms with Gasteiger partial charge in [0.15, 0.2) is 6.04 Å². The van der Waals surface area contributed by atoms with Gasteiger partial charge in [-0.3, -0.25) is 4.79 Å². The summed E-state index contributed by atoms with van der Waals surface area (Å²) in [4.78, 5) is 37.2. The summed E-state index contributed by atoms with van der Waals surface area (Å²) in [5.41, 5.74) is 0.750. The highest BCUT2D eigenvalue weighted by Gasteiger charge is 2.56. The van der Waals surface area contributed by atoms with Crippen LogP contribution in [0.1, 0.15) is 50.5 Å². The summed E-state index contributed by atoms with van der Waals surface area (Å²) in [7, 11) is 0. The molecule has 0 radical (unpaired) electrons. The molecule has 3 atom stereocenters. The molecule has 2 N–H and O–H groups in total. The van der Waals surface area contributed by atoms with E-state index in [0.717, 1.165) is 24.8 Å². The van der Waals surface area contributed by atoms with Gasteiger partial charge < -0.3 is 10.4 Å². The van der Waals surface area contributed by atoms with Crippen molar-refractivity contribution in [3.8, 4) is 11.8 Å². The number of urea groups is 1. The molecule has 3 rings (SSSR count). The van der Waals surface area contributed by atoms with E-state index in [2.05, 4.69) is 11.8 Å². The third kappa shape index (κ3) is 6.23. The number of nitrogens with one attached hydrogen (secondary N) is 1. The average molecular weight is 499 g/mol. The summed E-state index contributed by atoms with van der Waals surface area (Å²) in [6, 6.07) is 1.67. The number of benzene rings is 1. The smallest absolute Gasteiger partial charge is 0.408 e. The predicted molar refractivity (Wildman–Crippen MR) is 119 cm³/mol. The number of amides is 3. The van der Waals surface area contributed by atoms with Gasteiger partial charge in [-0.15, -0.1) is 0 Å². The van der Waals surface area contributed by atoms with Crippen molar-refractivity contribution in [1.29, 1.82) is 0 Å². The summed E-state index contributed by atoms with van der Waals surface area (Å²) >= 11 is 5.90. The molecule has 1 saturated heterocycles. The second-order valence-corrected chi connectivity index (χ2v) is 9.11. The van der Waals surface area contributed by atoms with Crippen LogP contribution in [0.25, 0.3) is 0 Å². The molecule has 34 heavy (non-hydrogen) atoms. The number of aliphatic carboxylic acids is 1.